The maximum Gasteiger partial charge on any atom is 0.268 e. The van der Waals surface area contributed by atoms with E-state index in [-0.39, 0.29) is 12.2 Å². The Hall–Kier alpha value is -3.42. The number of amides is 1. The number of ether oxygens (including phenoxy) is 1. The van der Waals surface area contributed by atoms with Crippen LogP contribution in [0.3, 0.4) is 0 Å². The van der Waals surface area contributed by atoms with Crippen molar-refractivity contribution >= 4 is 11.6 Å². The molecular formula is C24H27N3O4. The number of carbonyl (C=O) groups is 1. The summed E-state index contributed by atoms with van der Waals surface area (Å²) in [5, 5.41) is 11.9. The Kier molecular flexibility index (Phi) is 7.23. The molecule has 0 radical (unpaired) electrons. The standard InChI is InChI=1S/C24H27N3O4/c1-17-11-12-27(20-9-4-5-10-21(20)31-3)24(30)22(17)23(29)25-19-8-6-7-18(15-19)16-26(2)13-14-28/h4-12,15,28H,13-14,16H2,1-3H3,(H,25,29). The molecule has 0 bridgehead atoms. The van der Waals surface area contributed by atoms with Gasteiger partial charge in [-0.15, -0.1) is 0 Å². The van der Waals surface area contributed by atoms with Gasteiger partial charge in [0.1, 0.15) is 11.3 Å². The molecule has 0 atom stereocenters. The van der Waals surface area contributed by atoms with E-state index >= 15 is 0 Å². The van der Waals surface area contributed by atoms with Crippen molar-refractivity contribution in [3.8, 4) is 11.4 Å². The molecule has 0 aliphatic rings. The molecule has 7 heteroatoms. The quantitative estimate of drug-likeness (QED) is 0.584. The number of likely N-dealkylation sites (N-methyl/N-ethyl adjacent to an activating group) is 1. The largest absolute Gasteiger partial charge is 0.495 e. The number of anilines is 1. The highest BCUT2D eigenvalue weighted by Gasteiger charge is 2.18. The number of aromatic nitrogens is 1. The van der Waals surface area contributed by atoms with E-state index in [1.54, 1.807) is 37.4 Å². The lowest BCUT2D eigenvalue weighted by molar-refractivity contribution is 0.102. The molecule has 0 saturated carbocycles. The third kappa shape index (κ3) is 5.20. The SMILES string of the molecule is COc1ccccc1-n1ccc(C)c(C(=O)Nc2cccc(CN(C)CCO)c2)c1=O. The summed E-state index contributed by atoms with van der Waals surface area (Å²) in [6.07, 6.45) is 1.64. The highest BCUT2D eigenvalue weighted by molar-refractivity contribution is 6.05. The van der Waals surface area contributed by atoms with Crippen LogP contribution in [-0.2, 0) is 6.54 Å². The van der Waals surface area contributed by atoms with E-state index in [2.05, 4.69) is 5.32 Å². The number of nitrogens with one attached hydrogen (secondary N) is 1. The molecule has 162 valence electrons. The van der Waals surface area contributed by atoms with Gasteiger partial charge < -0.3 is 15.2 Å². The monoisotopic (exact) mass is 421 g/mol. The smallest absolute Gasteiger partial charge is 0.268 e. The Morgan fingerprint density at radius 2 is 1.94 bits per heavy atom. The maximum atomic E-state index is 13.2. The molecule has 2 aromatic carbocycles. The number of hydrogen-bond donors (Lipinski definition) is 2. The molecule has 0 saturated heterocycles. The minimum Gasteiger partial charge on any atom is -0.495 e. The second-order valence-corrected chi connectivity index (χ2v) is 7.34. The highest BCUT2D eigenvalue weighted by Crippen LogP contribution is 2.21. The van der Waals surface area contributed by atoms with Crippen molar-refractivity contribution in [3.63, 3.8) is 0 Å². The molecule has 0 fully saturated rings. The van der Waals surface area contributed by atoms with E-state index in [4.69, 9.17) is 9.84 Å². The highest BCUT2D eigenvalue weighted by atomic mass is 16.5. The van der Waals surface area contributed by atoms with E-state index in [0.29, 0.717) is 35.8 Å². The van der Waals surface area contributed by atoms with Crippen molar-refractivity contribution in [3.05, 3.63) is 87.8 Å². The molecule has 3 rings (SSSR count). The molecule has 7 nitrogen and oxygen atoms in total. The van der Waals surface area contributed by atoms with Crippen LogP contribution in [0.15, 0.2) is 65.6 Å². The predicted octanol–water partition coefficient (Wildman–Crippen LogP) is 2.83. The van der Waals surface area contributed by atoms with Gasteiger partial charge >= 0.3 is 0 Å². The Balaban J connectivity index is 1.90. The minimum atomic E-state index is -0.465. The molecule has 0 aliphatic carbocycles. The van der Waals surface area contributed by atoms with E-state index in [1.807, 2.05) is 42.3 Å². The van der Waals surface area contributed by atoms with E-state index in [1.165, 1.54) is 11.7 Å². The van der Waals surface area contributed by atoms with Gasteiger partial charge in [-0.1, -0.05) is 24.3 Å². The van der Waals surface area contributed by atoms with Gasteiger partial charge in [0.25, 0.3) is 11.5 Å². The fraction of sp³-hybridized carbons (Fsp3) is 0.250. The third-order valence-electron chi connectivity index (χ3n) is 4.99. The summed E-state index contributed by atoms with van der Waals surface area (Å²) in [6.45, 7) is 3.01. The first kappa shape index (κ1) is 22.3. The van der Waals surface area contributed by atoms with E-state index < -0.39 is 11.5 Å². The average Bonchev–Trinajstić information content (AvgIpc) is 2.74. The molecule has 1 aromatic heterocycles. The number of para-hydroxylation sites is 2. The molecule has 1 amide bonds. The lowest BCUT2D eigenvalue weighted by Gasteiger charge is -2.16. The van der Waals surface area contributed by atoms with Gasteiger partial charge in [0.05, 0.1) is 19.4 Å². The average molecular weight is 421 g/mol. The van der Waals surface area contributed by atoms with Gasteiger partial charge in [0.15, 0.2) is 0 Å². The fourth-order valence-corrected chi connectivity index (χ4v) is 3.42. The zero-order chi connectivity index (χ0) is 22.4. The number of aryl methyl sites for hydroxylation is 1. The zero-order valence-electron chi connectivity index (χ0n) is 18.0. The third-order valence-corrected chi connectivity index (χ3v) is 4.99. The second kappa shape index (κ2) is 10.1. The van der Waals surface area contributed by atoms with Crippen molar-refractivity contribution in [1.29, 1.82) is 0 Å². The molecular weight excluding hydrogens is 394 g/mol. The maximum absolute atomic E-state index is 13.2. The topological polar surface area (TPSA) is 83.8 Å². The Morgan fingerprint density at radius 3 is 2.68 bits per heavy atom. The van der Waals surface area contributed by atoms with Gasteiger partial charge in [-0.2, -0.15) is 0 Å². The van der Waals surface area contributed by atoms with Crippen LogP contribution >= 0.6 is 0 Å². The van der Waals surface area contributed by atoms with E-state index in [0.717, 1.165) is 5.56 Å². The van der Waals surface area contributed by atoms with Crippen LogP contribution in [-0.4, -0.2) is 47.8 Å². The van der Waals surface area contributed by atoms with Crippen LogP contribution < -0.4 is 15.6 Å². The summed E-state index contributed by atoms with van der Waals surface area (Å²) in [7, 11) is 3.45. The van der Waals surface area contributed by atoms with E-state index in [9.17, 15) is 9.59 Å². The summed E-state index contributed by atoms with van der Waals surface area (Å²) >= 11 is 0. The number of hydrogen-bond acceptors (Lipinski definition) is 5. The zero-order valence-corrected chi connectivity index (χ0v) is 18.0. The van der Waals surface area contributed by atoms with Gasteiger partial charge in [-0.3, -0.25) is 19.1 Å². The van der Waals surface area contributed by atoms with Crippen molar-refractivity contribution in [2.45, 2.75) is 13.5 Å². The summed E-state index contributed by atoms with van der Waals surface area (Å²) in [4.78, 5) is 28.2. The number of carbonyl (C=O) groups excluding carboxylic acids is 1. The fourth-order valence-electron chi connectivity index (χ4n) is 3.42. The molecule has 0 spiro atoms. The van der Waals surface area contributed by atoms with Gasteiger partial charge in [0, 0.05) is 25.0 Å². The molecule has 2 N–H and O–H groups in total. The predicted molar refractivity (Wildman–Crippen MR) is 121 cm³/mol. The lowest BCUT2D eigenvalue weighted by atomic mass is 10.1. The van der Waals surface area contributed by atoms with Crippen molar-refractivity contribution in [1.82, 2.24) is 9.47 Å². The van der Waals surface area contributed by atoms with Crippen LogP contribution in [0, 0.1) is 6.92 Å². The Bertz CT molecular complexity index is 1120. The van der Waals surface area contributed by atoms with Crippen LogP contribution in [0.4, 0.5) is 5.69 Å². The summed E-state index contributed by atoms with van der Waals surface area (Å²) in [6, 6.07) is 16.3. The first-order valence-electron chi connectivity index (χ1n) is 10.00. The summed E-state index contributed by atoms with van der Waals surface area (Å²) in [5.74, 6) is 0.0760. The number of rotatable bonds is 8. The number of methoxy groups -OCH3 is 1. The van der Waals surface area contributed by atoms with Crippen LogP contribution in [0.1, 0.15) is 21.5 Å². The number of nitrogens with zero attached hydrogens (tertiary/aromatic N) is 2. The molecule has 3 aromatic rings. The van der Waals surface area contributed by atoms with Gasteiger partial charge in [-0.05, 0) is 55.4 Å². The number of pyridine rings is 1. The minimum absolute atomic E-state index is 0.0798. The number of aliphatic hydroxyl groups is 1. The molecule has 1 heterocycles. The molecule has 31 heavy (non-hydrogen) atoms. The Labute approximate surface area is 181 Å². The first-order valence-corrected chi connectivity index (χ1v) is 10.00. The van der Waals surface area contributed by atoms with Crippen LogP contribution in [0.25, 0.3) is 5.69 Å². The van der Waals surface area contributed by atoms with Crippen molar-refractivity contribution < 1.29 is 14.6 Å². The number of benzene rings is 2. The number of aliphatic hydroxyl groups excluding tert-OH is 1. The first-order chi connectivity index (χ1) is 14.9. The van der Waals surface area contributed by atoms with Gasteiger partial charge in [-0.25, -0.2) is 0 Å². The molecule has 0 aliphatic heterocycles. The Morgan fingerprint density at radius 1 is 1.16 bits per heavy atom. The van der Waals surface area contributed by atoms with Crippen LogP contribution in [0.5, 0.6) is 5.75 Å². The van der Waals surface area contributed by atoms with Crippen LogP contribution in [0.2, 0.25) is 0 Å². The molecule has 0 unspecified atom stereocenters. The summed E-state index contributed by atoms with van der Waals surface area (Å²) < 4.78 is 6.78. The van der Waals surface area contributed by atoms with Gasteiger partial charge in [0.2, 0.25) is 0 Å². The second-order valence-electron chi connectivity index (χ2n) is 7.34. The van der Waals surface area contributed by atoms with Crippen molar-refractivity contribution in [2.24, 2.45) is 0 Å². The summed E-state index contributed by atoms with van der Waals surface area (Å²) in [5.41, 5.74) is 2.42. The van der Waals surface area contributed by atoms with Crippen molar-refractivity contribution in [2.75, 3.05) is 32.6 Å². The normalized spacial score (nSPS) is 10.9. The lowest BCUT2D eigenvalue weighted by Crippen LogP contribution is -2.29.